The number of nitro groups is 1. The molecule has 2 aliphatic heterocycles. The molecule has 0 fully saturated rings. The molecule has 8 bridgehead atoms. The van der Waals surface area contributed by atoms with Gasteiger partial charge in [-0.1, -0.05) is 185 Å². The van der Waals surface area contributed by atoms with Crippen LogP contribution in [0.25, 0.3) is 87.3 Å². The molecule has 0 aliphatic carbocycles. The van der Waals surface area contributed by atoms with Gasteiger partial charge in [-0.3, -0.25) is 10.1 Å². The first-order valence-corrected chi connectivity index (χ1v) is 22.0. The van der Waals surface area contributed by atoms with E-state index in [0.29, 0.717) is 78.2 Å². The summed E-state index contributed by atoms with van der Waals surface area (Å²) in [4.78, 5) is 34.1. The summed E-state index contributed by atoms with van der Waals surface area (Å²) in [6.45, 7) is 0. The van der Waals surface area contributed by atoms with Crippen LogP contribution in [0.3, 0.4) is 0 Å². The van der Waals surface area contributed by atoms with Crippen LogP contribution in [0, 0.1) is 10.1 Å². The van der Waals surface area contributed by atoms with Crippen molar-refractivity contribution in [3.05, 3.63) is 172 Å². The summed E-state index contributed by atoms with van der Waals surface area (Å²) in [5.41, 5.74) is 9.58. The van der Waals surface area contributed by atoms with Crippen molar-refractivity contribution in [2.75, 3.05) is 0 Å². The molecule has 0 N–H and O–H groups in total. The Kier molecular flexibility index (Phi) is 11.9. The van der Waals surface area contributed by atoms with Crippen LogP contribution in [0.1, 0.15) is 22.8 Å². The Bertz CT molecular complexity index is 3040. The molecule has 7 nitrogen and oxygen atoms in total. The third-order valence-electron chi connectivity index (χ3n) is 9.60. The Morgan fingerprint density at radius 1 is 0.448 bits per heavy atom. The van der Waals surface area contributed by atoms with E-state index in [1.54, 1.807) is 0 Å². The molecule has 2 aliphatic rings. The number of hydrogen-bond acceptors (Lipinski definition) is 4. The van der Waals surface area contributed by atoms with Gasteiger partial charge in [0.05, 0.1) is 31.0 Å². The maximum atomic E-state index is 13.2. The van der Waals surface area contributed by atoms with E-state index in [2.05, 4.69) is 95.6 Å². The van der Waals surface area contributed by atoms with Crippen LogP contribution in [0.5, 0.6) is 0 Å². The number of rotatable bonds is 5. The fourth-order valence-corrected chi connectivity index (χ4v) is 9.94. The molecule has 278 valence electrons. The fraction of sp³-hybridized carbons (Fsp3) is 0. The van der Waals surface area contributed by atoms with Gasteiger partial charge in [0.15, 0.2) is 0 Å². The van der Waals surface area contributed by atoms with E-state index >= 15 is 0 Å². The number of nitrogens with zero attached hydrogens (tertiary/aromatic N) is 5. The quantitative estimate of drug-likeness (QED) is 0.0968. The first kappa shape index (κ1) is 41.1. The average Bonchev–Trinajstić information content (AvgIpc) is 3.95. The van der Waals surface area contributed by atoms with Crippen LogP contribution in [0.4, 0.5) is 0 Å². The van der Waals surface area contributed by atoms with Crippen molar-refractivity contribution in [2.45, 2.75) is 0 Å². The van der Waals surface area contributed by atoms with Crippen molar-refractivity contribution in [3.8, 4) is 44.5 Å². The second kappa shape index (κ2) is 16.8. The third kappa shape index (κ3) is 7.02. The van der Waals surface area contributed by atoms with Crippen molar-refractivity contribution in [1.82, 2.24) is 19.9 Å². The zero-order valence-corrected chi connectivity index (χ0v) is 42.1. The van der Waals surface area contributed by atoms with E-state index in [1.807, 2.05) is 121 Å². The zero-order valence-electron chi connectivity index (χ0n) is 29.7. The second-order valence-corrected chi connectivity index (χ2v) is 17.7. The van der Waals surface area contributed by atoms with E-state index in [0.717, 1.165) is 32.3 Å². The minimum Gasteiger partial charge on any atom is -0.655 e. The maximum absolute atomic E-state index is 13.2. The van der Waals surface area contributed by atoms with Gasteiger partial charge in [0, 0.05) is 29.5 Å². The summed E-state index contributed by atoms with van der Waals surface area (Å²) < 4.78 is 4.02. The topological polar surface area (TPSA) is 97.1 Å². The van der Waals surface area contributed by atoms with Gasteiger partial charge in [-0.15, -0.1) is 22.1 Å². The zero-order chi connectivity index (χ0) is 39.5. The normalized spacial score (nSPS) is 12.3. The molecule has 0 spiro atoms. The van der Waals surface area contributed by atoms with E-state index < -0.39 is 0 Å². The predicted octanol–water partition coefficient (Wildman–Crippen LogP) is 14.7. The van der Waals surface area contributed by atoms with E-state index in [9.17, 15) is 10.1 Å². The summed E-state index contributed by atoms with van der Waals surface area (Å²) in [6, 6.07) is 39.0. The molecular formula is C44H21Br6N5O2Zn. The molecule has 9 rings (SSSR count). The molecule has 3 aromatic heterocycles. The van der Waals surface area contributed by atoms with Gasteiger partial charge in [-0.05, 0) is 70.8 Å². The summed E-state index contributed by atoms with van der Waals surface area (Å²) in [6.07, 6.45) is 1.53. The molecule has 0 saturated carbocycles. The minimum atomic E-state index is -0.389. The van der Waals surface area contributed by atoms with Crippen LogP contribution < -0.4 is 9.97 Å². The standard InChI is InChI=1S/C44H21Br6N5O2.Zn/c45-32-33(46)41-30(24-17-9-3-10-18-24)43-36(49)37(50)44(54-43)31(25-19-11-4-12-20-25)42-35(48)34(47)40(53-42)29(23-15-7-2-8-16-23)38-27(55(56)57)21-26(51-38)28(39(32)52-41)22-13-5-1-6-14-22;/h1-21H;/q-2;+2. The molecule has 58 heavy (non-hydrogen) atoms. The predicted molar refractivity (Wildman–Crippen MR) is 251 cm³/mol. The number of aromatic nitrogens is 4. The SMILES string of the molecule is O=[N+]([O-])C1=Cc2nc1c(-c1ccccc1)c1[n-]c(c(Br)c1Br)c(-c1ccccc1)c1nc(c(-c3ccccc3)c3[n-]c(c(Br)c3Br)c2-c2ccccc2)C(Br)=C1Br.[Zn+2]. The van der Waals surface area contributed by atoms with E-state index in [4.69, 9.17) is 19.9 Å². The van der Waals surface area contributed by atoms with Gasteiger partial charge < -0.3 is 9.97 Å². The van der Waals surface area contributed by atoms with Crippen molar-refractivity contribution < 1.29 is 24.4 Å². The van der Waals surface area contributed by atoms with Crippen molar-refractivity contribution in [1.29, 1.82) is 0 Å². The molecular weight excluding hydrogens is 1180 g/mol. The summed E-state index contributed by atoms with van der Waals surface area (Å²) >= 11 is 23.4. The fourth-order valence-electron chi connectivity index (χ4n) is 7.09. The number of halogens is 6. The van der Waals surface area contributed by atoms with E-state index in [1.165, 1.54) is 6.08 Å². The summed E-state index contributed by atoms with van der Waals surface area (Å²) in [5.74, 6) is 0. The van der Waals surface area contributed by atoms with Gasteiger partial charge in [0.25, 0.3) is 5.70 Å². The van der Waals surface area contributed by atoms with Gasteiger partial charge >= 0.3 is 19.5 Å². The number of benzene rings is 4. The van der Waals surface area contributed by atoms with Crippen LogP contribution in [0.15, 0.2) is 139 Å². The Labute approximate surface area is 395 Å². The Balaban J connectivity index is 0.00000469. The monoisotopic (exact) mass is 1190 g/mol. The molecule has 0 amide bonds. The number of hydrogen-bond donors (Lipinski definition) is 0. The smallest absolute Gasteiger partial charge is 0.655 e. The van der Waals surface area contributed by atoms with Gasteiger partial charge in [-0.2, -0.15) is 0 Å². The minimum absolute atomic E-state index is 0. The Hall–Kier alpha value is -3.62. The van der Waals surface area contributed by atoms with Crippen molar-refractivity contribution in [2.24, 2.45) is 0 Å². The number of fused-ring (bicyclic) bond motifs is 8. The first-order chi connectivity index (χ1) is 27.6. The van der Waals surface area contributed by atoms with E-state index in [-0.39, 0.29) is 35.8 Å². The molecule has 0 atom stereocenters. The molecule has 0 radical (unpaired) electrons. The molecule has 5 heterocycles. The summed E-state index contributed by atoms with van der Waals surface area (Å²) in [5, 5.41) is 13.2. The molecule has 7 aromatic rings. The molecule has 14 heteroatoms. The van der Waals surface area contributed by atoms with Crippen molar-refractivity contribution >= 4 is 138 Å². The van der Waals surface area contributed by atoms with Gasteiger partial charge in [0.2, 0.25) is 0 Å². The second-order valence-electron chi connectivity index (χ2n) is 12.9. The average molecular weight is 1200 g/mol. The van der Waals surface area contributed by atoms with Crippen LogP contribution in [0.2, 0.25) is 0 Å². The third-order valence-corrected chi connectivity index (χ3v) is 15.8. The van der Waals surface area contributed by atoms with Crippen molar-refractivity contribution in [3.63, 3.8) is 0 Å². The first-order valence-electron chi connectivity index (χ1n) is 17.2. The van der Waals surface area contributed by atoms with Gasteiger partial charge in [0.1, 0.15) is 5.69 Å². The molecule has 0 unspecified atom stereocenters. The largest absolute Gasteiger partial charge is 2.00 e. The van der Waals surface area contributed by atoms with Crippen LogP contribution >= 0.6 is 95.6 Å². The Morgan fingerprint density at radius 2 is 0.759 bits per heavy atom. The van der Waals surface area contributed by atoms with Gasteiger partial charge in [-0.25, -0.2) is 9.97 Å². The molecule has 0 saturated heterocycles. The Morgan fingerprint density at radius 3 is 1.10 bits per heavy atom. The van der Waals surface area contributed by atoms with Crippen LogP contribution in [-0.2, 0) is 19.5 Å². The molecule has 4 aromatic carbocycles. The van der Waals surface area contributed by atoms with Crippen LogP contribution in [-0.4, -0.2) is 14.9 Å². The summed E-state index contributed by atoms with van der Waals surface area (Å²) in [7, 11) is 0. The maximum Gasteiger partial charge on any atom is 2.00 e.